The van der Waals surface area contributed by atoms with Crippen molar-refractivity contribution in [2.75, 3.05) is 12.4 Å². The van der Waals surface area contributed by atoms with Gasteiger partial charge in [0.1, 0.15) is 5.75 Å². The van der Waals surface area contributed by atoms with E-state index in [-0.39, 0.29) is 17.7 Å². The topological polar surface area (TPSA) is 108 Å². The molecule has 0 radical (unpaired) electrons. The number of nitrogens with one attached hydrogen (secondary N) is 1. The average molecular weight is 502 g/mol. The molecule has 2 aromatic heterocycles. The Kier molecular flexibility index (Phi) is 6.70. The Morgan fingerprint density at radius 3 is 2.69 bits per heavy atom. The minimum Gasteiger partial charge on any atom is -0.496 e. The van der Waals surface area contributed by atoms with Crippen molar-refractivity contribution in [2.45, 2.75) is 52.1 Å². The molecule has 3 heterocycles. The third-order valence-electron chi connectivity index (χ3n) is 6.84. The van der Waals surface area contributed by atoms with Crippen molar-refractivity contribution in [3.05, 3.63) is 57.9 Å². The van der Waals surface area contributed by atoms with Crippen molar-refractivity contribution in [1.29, 1.82) is 5.26 Å². The zero-order chi connectivity index (χ0) is 25.2. The van der Waals surface area contributed by atoms with Crippen LogP contribution in [0.1, 0.15) is 64.3 Å². The van der Waals surface area contributed by atoms with Crippen LogP contribution < -0.4 is 10.1 Å². The summed E-state index contributed by atoms with van der Waals surface area (Å²) in [5, 5.41) is 12.8. The Hall–Kier alpha value is -3.77. The van der Waals surface area contributed by atoms with Crippen molar-refractivity contribution >= 4 is 28.3 Å². The molecule has 0 bridgehead atoms. The van der Waals surface area contributed by atoms with E-state index >= 15 is 0 Å². The summed E-state index contributed by atoms with van der Waals surface area (Å²) >= 11 is 1.41. The van der Waals surface area contributed by atoms with Gasteiger partial charge in [0, 0.05) is 28.9 Å². The first kappa shape index (κ1) is 23.9. The molecule has 184 valence electrons. The maximum Gasteiger partial charge on any atom is 0.259 e. The molecule has 0 unspecified atom stereocenters. The van der Waals surface area contributed by atoms with E-state index in [4.69, 9.17) is 4.74 Å². The lowest BCUT2D eigenvalue weighted by molar-refractivity contribution is -0.137. The number of anilines is 1. The summed E-state index contributed by atoms with van der Waals surface area (Å²) in [5.74, 6) is 0.583. The summed E-state index contributed by atoms with van der Waals surface area (Å²) in [5.41, 5.74) is 3.69. The second-order valence-corrected chi connectivity index (χ2v) is 10.4. The van der Waals surface area contributed by atoms with Crippen molar-refractivity contribution in [3.8, 4) is 22.9 Å². The molecule has 0 atom stereocenters. The molecule has 2 aliphatic rings. The number of rotatable bonds is 5. The van der Waals surface area contributed by atoms with Crippen molar-refractivity contribution < 1.29 is 14.3 Å². The molecule has 0 spiro atoms. The Bertz CT molecular complexity index is 1350. The van der Waals surface area contributed by atoms with Crippen LogP contribution in [-0.4, -0.2) is 33.8 Å². The van der Waals surface area contributed by atoms with Gasteiger partial charge in [0.2, 0.25) is 5.91 Å². The first-order chi connectivity index (χ1) is 17.5. The maximum absolute atomic E-state index is 13.3. The molecule has 3 aromatic rings. The van der Waals surface area contributed by atoms with E-state index in [1.165, 1.54) is 24.0 Å². The zero-order valence-corrected chi connectivity index (χ0v) is 21.2. The normalized spacial score (nSPS) is 15.3. The first-order valence-corrected chi connectivity index (χ1v) is 12.9. The fourth-order valence-corrected chi connectivity index (χ4v) is 5.95. The van der Waals surface area contributed by atoms with E-state index in [1.807, 2.05) is 17.9 Å². The number of carbonyl (C=O) groups excluding carboxylic acids is 2. The SMILES string of the molecule is COc1ccc(C#N)cc1-c1cc(C)ncc1C(=O)Nc1nc2c(s1)CN(C(=O)C1CCCCC1)C2. The minimum atomic E-state index is -0.343. The largest absolute Gasteiger partial charge is 0.496 e. The molecule has 1 saturated carbocycles. The van der Waals surface area contributed by atoms with E-state index < -0.39 is 0 Å². The van der Waals surface area contributed by atoms with E-state index in [0.29, 0.717) is 46.2 Å². The number of nitrogens with zero attached hydrogens (tertiary/aromatic N) is 4. The van der Waals surface area contributed by atoms with Crippen LogP contribution in [0.3, 0.4) is 0 Å². The summed E-state index contributed by atoms with van der Waals surface area (Å²) in [6.45, 7) is 2.89. The van der Waals surface area contributed by atoms with Gasteiger partial charge in [0.25, 0.3) is 5.91 Å². The van der Waals surface area contributed by atoms with Gasteiger partial charge in [-0.1, -0.05) is 30.6 Å². The standard InChI is InChI=1S/C27H27N5O3S/c1-16-10-19(20-11-17(12-28)8-9-23(20)35-2)21(13-29-16)25(33)31-27-30-22-14-32(15-24(22)36-27)26(34)18-6-4-3-5-7-18/h8-11,13,18H,3-7,14-15H2,1-2H3,(H,30,31,33). The third-order valence-corrected chi connectivity index (χ3v) is 7.84. The summed E-state index contributed by atoms with van der Waals surface area (Å²) in [7, 11) is 1.55. The van der Waals surface area contributed by atoms with E-state index in [9.17, 15) is 14.9 Å². The quantitative estimate of drug-likeness (QED) is 0.523. The van der Waals surface area contributed by atoms with Gasteiger partial charge < -0.3 is 9.64 Å². The van der Waals surface area contributed by atoms with Gasteiger partial charge in [-0.05, 0) is 44.0 Å². The van der Waals surface area contributed by atoms with Crippen LogP contribution in [0.25, 0.3) is 11.1 Å². The Labute approximate surface area is 213 Å². The summed E-state index contributed by atoms with van der Waals surface area (Å²) < 4.78 is 5.50. The van der Waals surface area contributed by atoms with E-state index in [1.54, 1.807) is 25.3 Å². The molecular weight excluding hydrogens is 474 g/mol. The number of aromatic nitrogens is 2. The Morgan fingerprint density at radius 2 is 1.97 bits per heavy atom. The minimum absolute atomic E-state index is 0.135. The average Bonchev–Trinajstić information content (AvgIpc) is 3.47. The molecule has 1 aliphatic heterocycles. The van der Waals surface area contributed by atoms with Gasteiger partial charge in [-0.3, -0.25) is 19.9 Å². The summed E-state index contributed by atoms with van der Waals surface area (Å²) in [4.78, 5) is 38.1. The fourth-order valence-electron chi connectivity index (χ4n) is 4.97. The van der Waals surface area contributed by atoms with Gasteiger partial charge >= 0.3 is 0 Å². The fraction of sp³-hybridized carbons (Fsp3) is 0.370. The molecule has 1 aliphatic carbocycles. The number of benzene rings is 1. The number of thiazole rings is 1. The number of hydrogen-bond donors (Lipinski definition) is 1. The number of amides is 2. The predicted octanol–water partition coefficient (Wildman–Crippen LogP) is 5.07. The molecule has 9 heteroatoms. The van der Waals surface area contributed by atoms with Crippen LogP contribution in [-0.2, 0) is 17.9 Å². The highest BCUT2D eigenvalue weighted by atomic mass is 32.1. The van der Waals surface area contributed by atoms with Crippen LogP contribution in [0.5, 0.6) is 5.75 Å². The third kappa shape index (κ3) is 4.69. The Morgan fingerprint density at radius 1 is 1.17 bits per heavy atom. The zero-order valence-electron chi connectivity index (χ0n) is 20.3. The van der Waals surface area contributed by atoms with E-state index in [0.717, 1.165) is 41.9 Å². The maximum atomic E-state index is 13.3. The summed E-state index contributed by atoms with van der Waals surface area (Å²) in [6.07, 6.45) is 6.96. The van der Waals surface area contributed by atoms with Gasteiger partial charge in [-0.15, -0.1) is 0 Å². The van der Waals surface area contributed by atoms with Crippen LogP contribution in [0.4, 0.5) is 5.13 Å². The van der Waals surface area contributed by atoms with Crippen LogP contribution in [0, 0.1) is 24.2 Å². The second kappa shape index (κ2) is 10.1. The smallest absolute Gasteiger partial charge is 0.259 e. The van der Waals surface area contributed by atoms with Crippen molar-refractivity contribution in [3.63, 3.8) is 0 Å². The number of pyridine rings is 1. The molecule has 1 fully saturated rings. The highest BCUT2D eigenvalue weighted by Gasteiger charge is 2.32. The van der Waals surface area contributed by atoms with Gasteiger partial charge in [-0.25, -0.2) is 4.98 Å². The lowest BCUT2D eigenvalue weighted by Crippen LogP contribution is -2.33. The molecule has 1 N–H and O–H groups in total. The number of hydrogen-bond acceptors (Lipinski definition) is 7. The molecule has 2 amide bonds. The van der Waals surface area contributed by atoms with Gasteiger partial charge in [0.05, 0.1) is 48.0 Å². The number of fused-ring (bicyclic) bond motifs is 1. The number of aryl methyl sites for hydroxylation is 1. The van der Waals surface area contributed by atoms with Crippen molar-refractivity contribution in [1.82, 2.24) is 14.9 Å². The molecule has 1 aromatic carbocycles. The number of carbonyl (C=O) groups is 2. The predicted molar refractivity (Wildman–Crippen MR) is 137 cm³/mol. The molecule has 5 rings (SSSR count). The molecular formula is C27H27N5O3S. The second-order valence-electron chi connectivity index (χ2n) is 9.27. The van der Waals surface area contributed by atoms with Crippen LogP contribution >= 0.6 is 11.3 Å². The molecule has 0 saturated heterocycles. The highest BCUT2D eigenvalue weighted by Crippen LogP contribution is 2.36. The highest BCUT2D eigenvalue weighted by molar-refractivity contribution is 7.16. The lowest BCUT2D eigenvalue weighted by atomic mass is 9.88. The van der Waals surface area contributed by atoms with Gasteiger partial charge in [0.15, 0.2) is 5.13 Å². The first-order valence-electron chi connectivity index (χ1n) is 12.1. The number of ether oxygens (including phenoxy) is 1. The number of methoxy groups -OCH3 is 1. The lowest BCUT2D eigenvalue weighted by Gasteiger charge is -2.25. The number of nitriles is 1. The monoisotopic (exact) mass is 501 g/mol. The molecule has 36 heavy (non-hydrogen) atoms. The Balaban J connectivity index is 1.35. The van der Waals surface area contributed by atoms with Crippen LogP contribution in [0.2, 0.25) is 0 Å². The molecule has 8 nitrogen and oxygen atoms in total. The van der Waals surface area contributed by atoms with Crippen molar-refractivity contribution in [2.24, 2.45) is 5.92 Å². The van der Waals surface area contributed by atoms with Gasteiger partial charge in [-0.2, -0.15) is 5.26 Å². The van der Waals surface area contributed by atoms with E-state index in [2.05, 4.69) is 21.4 Å². The van der Waals surface area contributed by atoms with Crippen LogP contribution in [0.15, 0.2) is 30.5 Å². The summed E-state index contributed by atoms with van der Waals surface area (Å²) in [6, 6.07) is 9.05.